The summed E-state index contributed by atoms with van der Waals surface area (Å²) in [5, 5.41) is 3.32. The van der Waals surface area contributed by atoms with Crippen molar-refractivity contribution in [3.8, 4) is 0 Å². The first-order valence-corrected chi connectivity index (χ1v) is 8.51. The number of amides is 1. The number of aryl methyl sites for hydroxylation is 1. The lowest BCUT2D eigenvalue weighted by atomic mass is 9.96. The summed E-state index contributed by atoms with van der Waals surface area (Å²) in [7, 11) is 0. The van der Waals surface area contributed by atoms with Crippen LogP contribution >= 0.6 is 11.6 Å². The number of benzene rings is 2. The molecule has 1 aliphatic heterocycles. The molecule has 0 aliphatic carbocycles. The van der Waals surface area contributed by atoms with Gasteiger partial charge in [0.05, 0.1) is 16.4 Å². The molecule has 1 aliphatic rings. The van der Waals surface area contributed by atoms with Crippen molar-refractivity contribution in [1.29, 1.82) is 0 Å². The molecule has 3 rings (SSSR count). The monoisotopic (exact) mass is 346 g/mol. The van der Waals surface area contributed by atoms with Crippen molar-refractivity contribution in [3.05, 3.63) is 58.4 Å². The van der Waals surface area contributed by atoms with E-state index in [4.69, 9.17) is 11.6 Å². The second-order valence-electron chi connectivity index (χ2n) is 6.06. The highest BCUT2D eigenvalue weighted by molar-refractivity contribution is 6.33. The van der Waals surface area contributed by atoms with Crippen LogP contribution in [-0.4, -0.2) is 19.0 Å². The van der Waals surface area contributed by atoms with Crippen molar-refractivity contribution in [2.24, 2.45) is 0 Å². The second-order valence-corrected chi connectivity index (χ2v) is 6.47. The number of carbonyl (C=O) groups is 1. The molecule has 1 amide bonds. The van der Waals surface area contributed by atoms with Gasteiger partial charge in [-0.15, -0.1) is 0 Å². The van der Waals surface area contributed by atoms with Gasteiger partial charge in [-0.2, -0.15) is 0 Å². The van der Waals surface area contributed by atoms with E-state index in [1.54, 1.807) is 12.1 Å². The number of fused-ring (bicyclic) bond motifs is 1. The molecule has 0 fully saturated rings. The van der Waals surface area contributed by atoms with Crippen LogP contribution in [0.2, 0.25) is 5.02 Å². The highest BCUT2D eigenvalue weighted by Crippen LogP contribution is 2.32. The van der Waals surface area contributed by atoms with Gasteiger partial charge in [-0.05, 0) is 49.1 Å². The van der Waals surface area contributed by atoms with Gasteiger partial charge in [0.15, 0.2) is 0 Å². The number of nitrogens with one attached hydrogen (secondary N) is 1. The van der Waals surface area contributed by atoms with Crippen LogP contribution in [0.25, 0.3) is 0 Å². The summed E-state index contributed by atoms with van der Waals surface area (Å²) >= 11 is 6.05. The van der Waals surface area contributed by atoms with Crippen LogP contribution in [0, 0.1) is 12.7 Å². The third-order valence-electron chi connectivity index (χ3n) is 4.40. The van der Waals surface area contributed by atoms with Gasteiger partial charge in [-0.25, -0.2) is 4.39 Å². The molecule has 5 heteroatoms. The molecular weight excluding hydrogens is 327 g/mol. The predicted molar refractivity (Wildman–Crippen MR) is 96.4 cm³/mol. The number of carbonyl (C=O) groups excluding carboxylic acids is 1. The predicted octanol–water partition coefficient (Wildman–Crippen LogP) is 4.57. The van der Waals surface area contributed by atoms with E-state index in [1.165, 1.54) is 6.07 Å². The molecule has 2 aromatic rings. The molecular formula is C19H20ClFN2O. The minimum absolute atomic E-state index is 0.122. The maximum Gasteiger partial charge on any atom is 0.226 e. The smallest absolute Gasteiger partial charge is 0.226 e. The van der Waals surface area contributed by atoms with Gasteiger partial charge in [0, 0.05) is 19.5 Å². The number of para-hydroxylation sites is 1. The minimum Gasteiger partial charge on any atom is -0.368 e. The lowest BCUT2D eigenvalue weighted by Crippen LogP contribution is -2.33. The van der Waals surface area contributed by atoms with E-state index in [2.05, 4.69) is 5.32 Å². The van der Waals surface area contributed by atoms with Gasteiger partial charge in [0.2, 0.25) is 5.91 Å². The summed E-state index contributed by atoms with van der Waals surface area (Å²) in [6.07, 6.45) is 2.16. The van der Waals surface area contributed by atoms with Gasteiger partial charge >= 0.3 is 0 Å². The summed E-state index contributed by atoms with van der Waals surface area (Å²) in [5.41, 5.74) is 3.43. The zero-order chi connectivity index (χ0) is 17.1. The normalized spacial score (nSPS) is 13.5. The van der Waals surface area contributed by atoms with Crippen LogP contribution in [0.15, 0.2) is 36.4 Å². The third-order valence-corrected chi connectivity index (χ3v) is 4.73. The Kier molecular flexibility index (Phi) is 5.05. The first-order chi connectivity index (χ1) is 11.6. The Balaban J connectivity index is 1.67. The van der Waals surface area contributed by atoms with Crippen molar-refractivity contribution in [2.45, 2.75) is 26.2 Å². The van der Waals surface area contributed by atoms with E-state index in [9.17, 15) is 9.18 Å². The van der Waals surface area contributed by atoms with Crippen LogP contribution in [0.5, 0.6) is 0 Å². The molecule has 0 spiro atoms. The quantitative estimate of drug-likeness (QED) is 0.879. The van der Waals surface area contributed by atoms with Gasteiger partial charge in [-0.1, -0.05) is 29.8 Å². The molecule has 24 heavy (non-hydrogen) atoms. The Morgan fingerprint density at radius 1 is 1.29 bits per heavy atom. The van der Waals surface area contributed by atoms with Gasteiger partial charge in [0.1, 0.15) is 5.82 Å². The molecule has 1 heterocycles. The second kappa shape index (κ2) is 7.22. The van der Waals surface area contributed by atoms with Gasteiger partial charge in [-0.3, -0.25) is 4.79 Å². The minimum atomic E-state index is -0.207. The number of anilines is 2. The zero-order valence-electron chi connectivity index (χ0n) is 13.6. The van der Waals surface area contributed by atoms with Crippen LogP contribution in [0.4, 0.5) is 15.8 Å². The summed E-state index contributed by atoms with van der Waals surface area (Å²) < 4.78 is 14.3. The Morgan fingerprint density at radius 3 is 2.88 bits per heavy atom. The fraction of sp³-hybridized carbons (Fsp3) is 0.316. The highest BCUT2D eigenvalue weighted by atomic mass is 35.5. The molecule has 0 saturated carbocycles. The van der Waals surface area contributed by atoms with Crippen LogP contribution in [-0.2, 0) is 11.2 Å². The Morgan fingerprint density at radius 2 is 2.08 bits per heavy atom. The molecule has 0 bridgehead atoms. The van der Waals surface area contributed by atoms with E-state index < -0.39 is 0 Å². The number of nitrogens with zero attached hydrogens (tertiary/aromatic N) is 1. The largest absolute Gasteiger partial charge is 0.368 e. The molecule has 0 aromatic heterocycles. The molecule has 2 aromatic carbocycles. The molecule has 0 atom stereocenters. The van der Waals surface area contributed by atoms with E-state index in [1.807, 2.05) is 30.0 Å². The van der Waals surface area contributed by atoms with Crippen molar-refractivity contribution in [1.82, 2.24) is 0 Å². The first-order valence-electron chi connectivity index (χ1n) is 8.13. The maximum atomic E-state index is 14.3. The molecule has 3 nitrogen and oxygen atoms in total. The van der Waals surface area contributed by atoms with Crippen LogP contribution in [0.3, 0.4) is 0 Å². The first kappa shape index (κ1) is 16.8. The van der Waals surface area contributed by atoms with Crippen molar-refractivity contribution in [3.63, 3.8) is 0 Å². The lowest BCUT2D eigenvalue weighted by molar-refractivity contribution is -0.116. The van der Waals surface area contributed by atoms with E-state index in [0.29, 0.717) is 22.9 Å². The molecule has 126 valence electrons. The third kappa shape index (κ3) is 3.54. The van der Waals surface area contributed by atoms with Crippen molar-refractivity contribution in [2.75, 3.05) is 23.3 Å². The average molecular weight is 347 g/mol. The summed E-state index contributed by atoms with van der Waals surface area (Å²) in [6.45, 7) is 3.27. The maximum absolute atomic E-state index is 14.3. The summed E-state index contributed by atoms with van der Waals surface area (Å²) in [5.74, 6) is -0.329. The zero-order valence-corrected chi connectivity index (χ0v) is 14.4. The number of hydrogen-bond donors (Lipinski definition) is 1. The number of rotatable bonds is 4. The Bertz CT molecular complexity index is 763. The molecule has 1 N–H and O–H groups in total. The van der Waals surface area contributed by atoms with E-state index in [-0.39, 0.29) is 18.1 Å². The topological polar surface area (TPSA) is 32.3 Å². The standard InChI is InChI=1S/C19H20ClFN2O/c1-13-8-9-16(21)19-14(13)5-4-11-23(19)12-10-18(24)22-17-7-3-2-6-15(17)20/h2-3,6-9H,4-5,10-12H2,1H3,(H,22,24). The van der Waals surface area contributed by atoms with Gasteiger partial charge < -0.3 is 10.2 Å². The molecule has 0 saturated heterocycles. The highest BCUT2D eigenvalue weighted by Gasteiger charge is 2.22. The molecule has 0 radical (unpaired) electrons. The van der Waals surface area contributed by atoms with Crippen LogP contribution in [0.1, 0.15) is 24.0 Å². The summed E-state index contributed by atoms with van der Waals surface area (Å²) in [6, 6.07) is 10.5. The van der Waals surface area contributed by atoms with Gasteiger partial charge in [0.25, 0.3) is 0 Å². The van der Waals surface area contributed by atoms with Crippen LogP contribution < -0.4 is 10.2 Å². The fourth-order valence-electron chi connectivity index (χ4n) is 3.16. The van der Waals surface area contributed by atoms with Crippen molar-refractivity contribution >= 4 is 28.9 Å². The Labute approximate surface area is 146 Å². The fourth-order valence-corrected chi connectivity index (χ4v) is 3.34. The number of hydrogen-bond acceptors (Lipinski definition) is 2. The summed E-state index contributed by atoms with van der Waals surface area (Å²) in [4.78, 5) is 14.2. The van der Waals surface area contributed by atoms with E-state index in [0.717, 1.165) is 30.5 Å². The molecule has 0 unspecified atom stereocenters. The van der Waals surface area contributed by atoms with Crippen molar-refractivity contribution < 1.29 is 9.18 Å². The lowest BCUT2D eigenvalue weighted by Gasteiger charge is -2.32. The average Bonchev–Trinajstić information content (AvgIpc) is 2.58. The Hall–Kier alpha value is -2.07. The number of halogens is 2. The SMILES string of the molecule is Cc1ccc(F)c2c1CCCN2CCC(=O)Nc1ccccc1Cl. The van der Waals surface area contributed by atoms with E-state index >= 15 is 0 Å².